The maximum Gasteiger partial charge on any atom is 0.255 e. The molecule has 2 aromatic carbocycles. The van der Waals surface area contributed by atoms with Gasteiger partial charge in [-0.15, -0.1) is 0 Å². The van der Waals surface area contributed by atoms with Gasteiger partial charge in [0.25, 0.3) is 5.91 Å². The van der Waals surface area contributed by atoms with Gasteiger partial charge in [-0.05, 0) is 48.9 Å². The topological polar surface area (TPSA) is 55.1 Å². The van der Waals surface area contributed by atoms with E-state index in [9.17, 15) is 13.6 Å². The smallest absolute Gasteiger partial charge is 0.255 e. The second-order valence-corrected chi connectivity index (χ2v) is 4.21. The van der Waals surface area contributed by atoms with E-state index in [1.165, 1.54) is 24.3 Å². The van der Waals surface area contributed by atoms with Crippen LogP contribution in [0.3, 0.4) is 0 Å². The molecule has 2 aromatic rings. The van der Waals surface area contributed by atoms with E-state index in [1.54, 1.807) is 13.0 Å². The van der Waals surface area contributed by atoms with Gasteiger partial charge in [0.1, 0.15) is 11.6 Å². The molecule has 0 heterocycles. The predicted octanol–water partition coefficient (Wildman–Crippen LogP) is 3.11. The summed E-state index contributed by atoms with van der Waals surface area (Å²) >= 11 is 0. The zero-order chi connectivity index (χ0) is 14.0. The number of rotatable bonds is 2. The summed E-state index contributed by atoms with van der Waals surface area (Å²) < 4.78 is 26.2. The molecule has 0 aliphatic heterocycles. The zero-order valence-corrected chi connectivity index (χ0v) is 10.2. The SMILES string of the molecule is Cc1cc(F)cc(NC(=O)c2ccc(F)c(N)c2)c1. The number of benzene rings is 2. The normalized spacial score (nSPS) is 10.3. The zero-order valence-electron chi connectivity index (χ0n) is 10.2. The Labute approximate surface area is 109 Å². The molecule has 0 unspecified atom stereocenters. The molecule has 0 bridgehead atoms. The van der Waals surface area contributed by atoms with Gasteiger partial charge >= 0.3 is 0 Å². The molecule has 0 spiro atoms. The van der Waals surface area contributed by atoms with Crippen LogP contribution in [0.1, 0.15) is 15.9 Å². The Hall–Kier alpha value is -2.43. The summed E-state index contributed by atoms with van der Waals surface area (Å²) in [5, 5.41) is 2.53. The summed E-state index contributed by atoms with van der Waals surface area (Å²) in [7, 11) is 0. The van der Waals surface area contributed by atoms with Gasteiger partial charge in [-0.3, -0.25) is 4.79 Å². The fraction of sp³-hybridized carbons (Fsp3) is 0.0714. The van der Waals surface area contributed by atoms with Gasteiger partial charge in [-0.2, -0.15) is 0 Å². The number of nitrogen functional groups attached to an aromatic ring is 1. The maximum atomic E-state index is 13.2. The summed E-state index contributed by atoms with van der Waals surface area (Å²) in [5.74, 6) is -1.50. The average Bonchev–Trinajstić information content (AvgIpc) is 2.31. The van der Waals surface area contributed by atoms with Gasteiger partial charge in [-0.25, -0.2) is 8.78 Å². The van der Waals surface area contributed by atoms with E-state index in [1.807, 2.05) is 0 Å². The third kappa shape index (κ3) is 3.07. The highest BCUT2D eigenvalue weighted by Gasteiger charge is 2.09. The van der Waals surface area contributed by atoms with Crippen LogP contribution >= 0.6 is 0 Å². The minimum Gasteiger partial charge on any atom is -0.396 e. The van der Waals surface area contributed by atoms with Crippen molar-refractivity contribution >= 4 is 17.3 Å². The Kier molecular flexibility index (Phi) is 3.46. The summed E-state index contributed by atoms with van der Waals surface area (Å²) in [6, 6.07) is 7.85. The third-order valence-electron chi connectivity index (χ3n) is 2.56. The molecule has 0 atom stereocenters. The highest BCUT2D eigenvalue weighted by Crippen LogP contribution is 2.16. The van der Waals surface area contributed by atoms with Gasteiger partial charge < -0.3 is 11.1 Å². The lowest BCUT2D eigenvalue weighted by Crippen LogP contribution is -2.12. The molecule has 0 radical (unpaired) electrons. The first-order valence-electron chi connectivity index (χ1n) is 5.59. The fourth-order valence-electron chi connectivity index (χ4n) is 1.70. The Balaban J connectivity index is 2.22. The van der Waals surface area contributed by atoms with Crippen LogP contribution in [0.15, 0.2) is 36.4 Å². The van der Waals surface area contributed by atoms with E-state index in [0.717, 1.165) is 6.07 Å². The van der Waals surface area contributed by atoms with E-state index in [4.69, 9.17) is 5.73 Å². The Morgan fingerprint density at radius 3 is 2.53 bits per heavy atom. The quantitative estimate of drug-likeness (QED) is 0.817. The standard InChI is InChI=1S/C14H12F2N2O/c1-8-4-10(15)7-11(5-8)18-14(19)9-2-3-12(16)13(17)6-9/h2-7H,17H2,1H3,(H,18,19). The molecule has 0 aliphatic rings. The van der Waals surface area contributed by atoms with Crippen molar-refractivity contribution in [3.63, 3.8) is 0 Å². The van der Waals surface area contributed by atoms with Crippen LogP contribution in [0.25, 0.3) is 0 Å². The minimum absolute atomic E-state index is 0.108. The second-order valence-electron chi connectivity index (χ2n) is 4.21. The van der Waals surface area contributed by atoms with Crippen LogP contribution in [-0.4, -0.2) is 5.91 Å². The fourth-order valence-corrected chi connectivity index (χ4v) is 1.70. The second kappa shape index (κ2) is 5.06. The molecule has 3 N–H and O–H groups in total. The number of aryl methyl sites for hydroxylation is 1. The molecule has 1 amide bonds. The number of nitrogens with one attached hydrogen (secondary N) is 1. The summed E-state index contributed by atoms with van der Waals surface area (Å²) in [4.78, 5) is 11.9. The summed E-state index contributed by atoms with van der Waals surface area (Å²) in [6.07, 6.45) is 0. The molecule has 98 valence electrons. The highest BCUT2D eigenvalue weighted by atomic mass is 19.1. The van der Waals surface area contributed by atoms with Gasteiger partial charge in [0, 0.05) is 11.3 Å². The first-order valence-corrected chi connectivity index (χ1v) is 5.59. The number of carbonyl (C=O) groups is 1. The number of hydrogen-bond donors (Lipinski definition) is 2. The van der Waals surface area contributed by atoms with Crippen LogP contribution in [0.4, 0.5) is 20.2 Å². The highest BCUT2D eigenvalue weighted by molar-refractivity contribution is 6.04. The van der Waals surface area contributed by atoms with Gasteiger partial charge in [0.15, 0.2) is 0 Å². The van der Waals surface area contributed by atoms with Crippen LogP contribution in [0, 0.1) is 18.6 Å². The minimum atomic E-state index is -0.585. The van der Waals surface area contributed by atoms with Crippen molar-refractivity contribution in [1.29, 1.82) is 0 Å². The Morgan fingerprint density at radius 1 is 1.16 bits per heavy atom. The first kappa shape index (κ1) is 13.0. The van der Waals surface area contributed by atoms with Crippen LogP contribution < -0.4 is 11.1 Å². The van der Waals surface area contributed by atoms with Gasteiger partial charge in [0.05, 0.1) is 5.69 Å². The predicted molar refractivity (Wildman–Crippen MR) is 69.9 cm³/mol. The first-order chi connectivity index (χ1) is 8.95. The molecule has 0 aromatic heterocycles. The van der Waals surface area contributed by atoms with Crippen molar-refractivity contribution in [2.45, 2.75) is 6.92 Å². The van der Waals surface area contributed by atoms with Crippen molar-refractivity contribution in [2.75, 3.05) is 11.1 Å². The molecular weight excluding hydrogens is 250 g/mol. The van der Waals surface area contributed by atoms with Crippen LogP contribution in [0.2, 0.25) is 0 Å². The van der Waals surface area contributed by atoms with Crippen molar-refractivity contribution in [3.05, 3.63) is 59.2 Å². The lowest BCUT2D eigenvalue weighted by atomic mass is 10.1. The van der Waals surface area contributed by atoms with Crippen molar-refractivity contribution in [2.24, 2.45) is 0 Å². The number of hydrogen-bond acceptors (Lipinski definition) is 2. The maximum absolute atomic E-state index is 13.2. The van der Waals surface area contributed by atoms with Gasteiger partial charge in [-0.1, -0.05) is 0 Å². The van der Waals surface area contributed by atoms with Crippen molar-refractivity contribution in [1.82, 2.24) is 0 Å². The Morgan fingerprint density at radius 2 is 1.89 bits per heavy atom. The summed E-state index contributed by atoms with van der Waals surface area (Å²) in [6.45, 7) is 1.72. The average molecular weight is 262 g/mol. The largest absolute Gasteiger partial charge is 0.396 e. The van der Waals surface area contributed by atoms with Crippen LogP contribution in [-0.2, 0) is 0 Å². The number of nitrogens with two attached hydrogens (primary N) is 1. The summed E-state index contributed by atoms with van der Waals surface area (Å²) in [5.41, 5.74) is 6.51. The molecule has 5 heteroatoms. The van der Waals surface area contributed by atoms with E-state index in [2.05, 4.69) is 5.32 Å². The van der Waals surface area contributed by atoms with E-state index in [0.29, 0.717) is 11.3 Å². The molecule has 19 heavy (non-hydrogen) atoms. The van der Waals surface area contributed by atoms with E-state index >= 15 is 0 Å². The van der Waals surface area contributed by atoms with E-state index < -0.39 is 17.5 Å². The third-order valence-corrected chi connectivity index (χ3v) is 2.56. The number of anilines is 2. The lowest BCUT2D eigenvalue weighted by Gasteiger charge is -2.07. The molecule has 0 fully saturated rings. The van der Waals surface area contributed by atoms with Gasteiger partial charge in [0.2, 0.25) is 0 Å². The monoisotopic (exact) mass is 262 g/mol. The molecule has 0 saturated heterocycles. The Bertz CT molecular complexity index is 621. The lowest BCUT2D eigenvalue weighted by molar-refractivity contribution is 0.102. The number of halogens is 2. The molecule has 0 saturated carbocycles. The number of carbonyl (C=O) groups excluding carboxylic acids is 1. The van der Waals surface area contributed by atoms with Crippen molar-refractivity contribution < 1.29 is 13.6 Å². The molecule has 0 aliphatic carbocycles. The molecular formula is C14H12F2N2O. The van der Waals surface area contributed by atoms with Crippen LogP contribution in [0.5, 0.6) is 0 Å². The molecule has 3 nitrogen and oxygen atoms in total. The van der Waals surface area contributed by atoms with Crippen molar-refractivity contribution in [3.8, 4) is 0 Å². The molecule has 2 rings (SSSR count). The van der Waals surface area contributed by atoms with E-state index in [-0.39, 0.29) is 11.3 Å². The number of amides is 1.